The first-order valence-electron chi connectivity index (χ1n) is 5.96. The molecule has 1 rings (SSSR count). The Morgan fingerprint density at radius 2 is 1.81 bits per heavy atom. The van der Waals surface area contributed by atoms with Crippen molar-refractivity contribution < 1.29 is 9.59 Å². The zero-order chi connectivity index (χ0) is 12.1. The van der Waals surface area contributed by atoms with E-state index in [1.165, 1.54) is 26.2 Å². The molecule has 0 aromatic rings. The Balaban J connectivity index is 2.48. The summed E-state index contributed by atoms with van der Waals surface area (Å²) in [7, 11) is 1.87. The lowest BCUT2D eigenvalue weighted by atomic mass is 9.94. The van der Waals surface area contributed by atoms with Crippen molar-refractivity contribution in [2.45, 2.75) is 57.2 Å². The molecule has 0 N–H and O–H groups in total. The van der Waals surface area contributed by atoms with Gasteiger partial charge in [-0.15, -0.1) is 0 Å². The van der Waals surface area contributed by atoms with Crippen LogP contribution in [0.4, 0.5) is 0 Å². The van der Waals surface area contributed by atoms with E-state index in [0.717, 1.165) is 24.6 Å². The van der Waals surface area contributed by atoms with Crippen molar-refractivity contribution in [3.63, 3.8) is 0 Å². The number of carbonyl (C=O) groups is 2. The van der Waals surface area contributed by atoms with Gasteiger partial charge in [-0.1, -0.05) is 31.0 Å². The molecule has 1 saturated carbocycles. The lowest BCUT2D eigenvalue weighted by molar-refractivity contribution is -0.131. The summed E-state index contributed by atoms with van der Waals surface area (Å²) in [4.78, 5) is 24.8. The first kappa shape index (κ1) is 13.6. The van der Waals surface area contributed by atoms with Crippen LogP contribution < -0.4 is 0 Å². The number of nitrogens with zero attached hydrogens (tertiary/aromatic N) is 1. The normalized spacial score (nSPS) is 19.2. The molecule has 0 aromatic heterocycles. The zero-order valence-electron chi connectivity index (χ0n) is 10.4. The molecule has 0 radical (unpaired) electrons. The molecular weight excluding hydrogens is 222 g/mol. The molecule has 0 bridgehead atoms. The number of thioether (sulfide) groups is 1. The van der Waals surface area contributed by atoms with E-state index in [9.17, 15) is 9.59 Å². The molecule has 92 valence electrons. The topological polar surface area (TPSA) is 37.4 Å². The highest BCUT2D eigenvalue weighted by Gasteiger charge is 2.26. The Kier molecular flexibility index (Phi) is 5.32. The Hall–Kier alpha value is -0.510. The highest BCUT2D eigenvalue weighted by Crippen LogP contribution is 2.23. The van der Waals surface area contributed by atoms with E-state index >= 15 is 0 Å². The van der Waals surface area contributed by atoms with Gasteiger partial charge >= 0.3 is 0 Å². The van der Waals surface area contributed by atoms with E-state index in [2.05, 4.69) is 0 Å². The summed E-state index contributed by atoms with van der Waals surface area (Å²) in [5.74, 6) is 0.0899. The molecule has 0 heterocycles. The van der Waals surface area contributed by atoms with Crippen molar-refractivity contribution in [1.29, 1.82) is 0 Å². The van der Waals surface area contributed by atoms with Crippen molar-refractivity contribution in [1.82, 2.24) is 4.90 Å². The first-order valence-corrected chi connectivity index (χ1v) is 6.84. The third-order valence-electron chi connectivity index (χ3n) is 3.16. The number of carbonyl (C=O) groups excluding carboxylic acids is 2. The molecule has 1 fully saturated rings. The molecule has 1 aliphatic carbocycles. The molecule has 0 saturated heterocycles. The Bertz CT molecular complexity index is 262. The predicted molar refractivity (Wildman–Crippen MR) is 67.4 cm³/mol. The lowest BCUT2D eigenvalue weighted by Crippen LogP contribution is -2.42. The monoisotopic (exact) mass is 243 g/mol. The van der Waals surface area contributed by atoms with Gasteiger partial charge in [0.15, 0.2) is 5.12 Å². The van der Waals surface area contributed by atoms with Gasteiger partial charge in [0.1, 0.15) is 0 Å². The molecule has 16 heavy (non-hydrogen) atoms. The lowest BCUT2D eigenvalue weighted by Gasteiger charge is -2.32. The number of amides is 1. The molecular formula is C12H21NO2S. The maximum Gasteiger partial charge on any atom is 0.235 e. The summed E-state index contributed by atoms with van der Waals surface area (Å²) >= 11 is 1.12. The van der Waals surface area contributed by atoms with Crippen LogP contribution >= 0.6 is 11.8 Å². The fourth-order valence-electron chi connectivity index (χ4n) is 2.23. The highest BCUT2D eigenvalue weighted by atomic mass is 32.2. The smallest absolute Gasteiger partial charge is 0.235 e. The van der Waals surface area contributed by atoms with Gasteiger partial charge in [0.2, 0.25) is 5.91 Å². The fourth-order valence-corrected chi connectivity index (χ4v) is 3.00. The van der Waals surface area contributed by atoms with Gasteiger partial charge in [-0.05, 0) is 19.8 Å². The Morgan fingerprint density at radius 1 is 1.25 bits per heavy atom. The van der Waals surface area contributed by atoms with E-state index in [-0.39, 0.29) is 16.3 Å². The van der Waals surface area contributed by atoms with E-state index in [4.69, 9.17) is 0 Å². The minimum atomic E-state index is -0.246. The zero-order valence-corrected chi connectivity index (χ0v) is 11.2. The first-order chi connectivity index (χ1) is 7.52. The van der Waals surface area contributed by atoms with E-state index in [1.54, 1.807) is 0 Å². The second-order valence-corrected chi connectivity index (χ2v) is 6.01. The largest absolute Gasteiger partial charge is 0.342 e. The summed E-state index contributed by atoms with van der Waals surface area (Å²) < 4.78 is 0. The molecule has 0 unspecified atom stereocenters. The minimum Gasteiger partial charge on any atom is -0.342 e. The van der Waals surface area contributed by atoms with Crippen LogP contribution in [0.15, 0.2) is 0 Å². The van der Waals surface area contributed by atoms with Crippen LogP contribution in [0.5, 0.6) is 0 Å². The molecule has 1 amide bonds. The average molecular weight is 243 g/mol. The van der Waals surface area contributed by atoms with E-state index in [1.807, 2.05) is 18.9 Å². The van der Waals surface area contributed by atoms with Crippen LogP contribution in [0.1, 0.15) is 46.0 Å². The third kappa shape index (κ3) is 3.81. The van der Waals surface area contributed by atoms with Gasteiger partial charge in [-0.25, -0.2) is 0 Å². The summed E-state index contributed by atoms with van der Waals surface area (Å²) in [6.45, 7) is 3.32. The highest BCUT2D eigenvalue weighted by molar-refractivity contribution is 8.14. The third-order valence-corrected chi connectivity index (χ3v) is 4.05. The molecule has 0 aromatic carbocycles. The van der Waals surface area contributed by atoms with Gasteiger partial charge in [-0.3, -0.25) is 9.59 Å². The van der Waals surface area contributed by atoms with Gasteiger partial charge in [0.05, 0.1) is 5.25 Å². The summed E-state index contributed by atoms with van der Waals surface area (Å²) in [6, 6.07) is 0.385. The van der Waals surface area contributed by atoms with Crippen LogP contribution in [-0.2, 0) is 9.59 Å². The van der Waals surface area contributed by atoms with Gasteiger partial charge < -0.3 is 4.90 Å². The Morgan fingerprint density at radius 3 is 2.31 bits per heavy atom. The maximum absolute atomic E-state index is 12.0. The number of hydrogen-bond donors (Lipinski definition) is 0. The SMILES string of the molecule is CC(=O)S[C@@H](C)C(=O)N(C)C1CCCCC1. The number of rotatable bonds is 3. The molecule has 4 heteroatoms. The molecule has 1 atom stereocenters. The number of hydrogen-bond acceptors (Lipinski definition) is 3. The fraction of sp³-hybridized carbons (Fsp3) is 0.833. The van der Waals surface area contributed by atoms with Gasteiger partial charge in [0.25, 0.3) is 0 Å². The van der Waals surface area contributed by atoms with Gasteiger partial charge in [0, 0.05) is 20.0 Å². The molecule has 3 nitrogen and oxygen atoms in total. The summed E-state index contributed by atoms with van der Waals surface area (Å²) in [5.41, 5.74) is 0. The van der Waals surface area contributed by atoms with Crippen LogP contribution in [0.2, 0.25) is 0 Å². The van der Waals surface area contributed by atoms with Crippen molar-refractivity contribution in [2.24, 2.45) is 0 Å². The van der Waals surface area contributed by atoms with Gasteiger partial charge in [-0.2, -0.15) is 0 Å². The van der Waals surface area contributed by atoms with Crippen molar-refractivity contribution in [2.75, 3.05) is 7.05 Å². The molecule has 0 spiro atoms. The second-order valence-electron chi connectivity index (χ2n) is 4.49. The van der Waals surface area contributed by atoms with Crippen molar-refractivity contribution in [3.8, 4) is 0 Å². The van der Waals surface area contributed by atoms with Crippen LogP contribution in [0.3, 0.4) is 0 Å². The standard InChI is InChI=1S/C12H21NO2S/c1-9(16-10(2)14)12(15)13(3)11-7-5-4-6-8-11/h9,11H,4-8H2,1-3H3/t9-/m0/s1. The Labute approximate surface area is 102 Å². The second kappa shape index (κ2) is 6.28. The van der Waals surface area contributed by atoms with Crippen LogP contribution in [-0.4, -0.2) is 34.3 Å². The van der Waals surface area contributed by atoms with Crippen LogP contribution in [0.25, 0.3) is 0 Å². The minimum absolute atomic E-state index is 0.0119. The maximum atomic E-state index is 12.0. The van der Waals surface area contributed by atoms with Crippen molar-refractivity contribution >= 4 is 22.8 Å². The quantitative estimate of drug-likeness (QED) is 0.764. The predicted octanol–water partition coefficient (Wildman–Crippen LogP) is 2.45. The van der Waals surface area contributed by atoms with Crippen molar-refractivity contribution in [3.05, 3.63) is 0 Å². The van der Waals surface area contributed by atoms with E-state index < -0.39 is 0 Å². The van der Waals surface area contributed by atoms with E-state index in [0.29, 0.717) is 6.04 Å². The summed E-state index contributed by atoms with van der Waals surface area (Å²) in [6.07, 6.45) is 5.95. The molecule has 1 aliphatic rings. The van der Waals surface area contributed by atoms with Crippen LogP contribution in [0, 0.1) is 0 Å². The molecule has 0 aliphatic heterocycles. The summed E-state index contributed by atoms with van der Waals surface area (Å²) in [5, 5.41) is -0.234. The average Bonchev–Trinajstić information content (AvgIpc) is 2.27.